The first-order valence-electron chi connectivity index (χ1n) is 13.3. The van der Waals surface area contributed by atoms with Crippen molar-refractivity contribution in [2.24, 2.45) is 5.14 Å². The molecule has 8 nitrogen and oxygen atoms in total. The fourth-order valence-corrected chi connectivity index (χ4v) is 5.60. The summed E-state index contributed by atoms with van der Waals surface area (Å²) in [4.78, 5) is 7.13. The second kappa shape index (κ2) is 12.4. The molecule has 0 saturated carbocycles. The number of rotatable bonds is 11. The van der Waals surface area contributed by atoms with Gasteiger partial charge in [0.1, 0.15) is 19.0 Å². The molecule has 0 unspecified atom stereocenters. The molecule has 0 aliphatic carbocycles. The Labute approximate surface area is 240 Å². The Kier molecular flexibility index (Phi) is 8.75. The highest BCUT2D eigenvalue weighted by atomic mass is 35.5. The molecule has 1 aliphatic heterocycles. The lowest BCUT2D eigenvalue weighted by molar-refractivity contribution is 0.170. The zero-order chi connectivity index (χ0) is 28.1. The van der Waals surface area contributed by atoms with E-state index in [9.17, 15) is 8.42 Å². The topological polar surface area (TPSA) is 99.7 Å². The van der Waals surface area contributed by atoms with Crippen molar-refractivity contribution >= 4 is 21.6 Å². The lowest BCUT2D eigenvalue weighted by Crippen LogP contribution is -2.25. The molecule has 210 valence electrons. The average molecular weight is 581 g/mol. The lowest BCUT2D eigenvalue weighted by Gasteiger charge is -2.25. The molecule has 0 spiro atoms. The van der Waals surface area contributed by atoms with Gasteiger partial charge in [-0.1, -0.05) is 73.5 Å². The standard InChI is InChI=1S/C30H33ClN4O4S/c1-2-3-15-35-26(29(31)33-30(35)24-7-5-4-6-8-24)21-34(19-22-9-12-25(13-10-22)40(32,36)37)20-23-11-14-27-28(18-23)39-17-16-38-27/h4-14,18H,2-3,15-17,19-21H2,1H3,(H2,32,36,37). The van der Waals surface area contributed by atoms with Gasteiger partial charge in [0.05, 0.1) is 10.6 Å². The fourth-order valence-electron chi connectivity index (χ4n) is 4.84. The fraction of sp³-hybridized carbons (Fsp3) is 0.300. The van der Waals surface area contributed by atoms with Crippen LogP contribution in [0.5, 0.6) is 11.5 Å². The van der Waals surface area contributed by atoms with Crippen LogP contribution < -0.4 is 14.6 Å². The second-order valence-electron chi connectivity index (χ2n) is 9.86. The molecule has 3 aromatic carbocycles. The molecule has 0 atom stereocenters. The van der Waals surface area contributed by atoms with Crippen LogP contribution in [0.15, 0.2) is 77.7 Å². The number of nitrogens with zero attached hydrogens (tertiary/aromatic N) is 3. The monoisotopic (exact) mass is 580 g/mol. The number of benzene rings is 3. The third-order valence-corrected chi connectivity index (χ3v) is 8.07. The first-order valence-corrected chi connectivity index (χ1v) is 15.3. The quantitative estimate of drug-likeness (QED) is 0.247. The van der Waals surface area contributed by atoms with Gasteiger partial charge < -0.3 is 14.0 Å². The van der Waals surface area contributed by atoms with E-state index < -0.39 is 10.0 Å². The van der Waals surface area contributed by atoms with E-state index in [2.05, 4.69) is 16.4 Å². The predicted molar refractivity (Wildman–Crippen MR) is 156 cm³/mol. The molecular formula is C30H33ClN4O4S. The number of sulfonamides is 1. The van der Waals surface area contributed by atoms with Gasteiger partial charge in [0, 0.05) is 31.7 Å². The summed E-state index contributed by atoms with van der Waals surface area (Å²) in [6.45, 7) is 5.71. The van der Waals surface area contributed by atoms with E-state index in [1.54, 1.807) is 24.3 Å². The summed E-state index contributed by atoms with van der Waals surface area (Å²) in [7, 11) is -3.77. The second-order valence-corrected chi connectivity index (χ2v) is 11.8. The molecule has 1 aromatic heterocycles. The van der Waals surface area contributed by atoms with Crippen molar-refractivity contribution in [1.82, 2.24) is 14.5 Å². The number of aromatic nitrogens is 2. The van der Waals surface area contributed by atoms with Gasteiger partial charge in [0.15, 0.2) is 16.7 Å². The first kappa shape index (κ1) is 28.2. The van der Waals surface area contributed by atoms with Crippen LogP contribution in [-0.4, -0.2) is 36.1 Å². The third-order valence-electron chi connectivity index (χ3n) is 6.84. The zero-order valence-corrected chi connectivity index (χ0v) is 24.0. The maximum atomic E-state index is 11.8. The summed E-state index contributed by atoms with van der Waals surface area (Å²) < 4.78 is 37.3. The summed E-state index contributed by atoms with van der Waals surface area (Å²) in [5.41, 5.74) is 3.96. The minimum Gasteiger partial charge on any atom is -0.486 e. The highest BCUT2D eigenvalue weighted by Gasteiger charge is 2.21. The van der Waals surface area contributed by atoms with E-state index in [1.165, 1.54) is 0 Å². The van der Waals surface area contributed by atoms with Gasteiger partial charge in [0.2, 0.25) is 10.0 Å². The van der Waals surface area contributed by atoms with Gasteiger partial charge >= 0.3 is 0 Å². The van der Waals surface area contributed by atoms with E-state index in [0.717, 1.165) is 59.1 Å². The van der Waals surface area contributed by atoms with Crippen molar-refractivity contribution in [3.05, 3.63) is 94.8 Å². The third kappa shape index (κ3) is 6.67. The highest BCUT2D eigenvalue weighted by Crippen LogP contribution is 2.32. The van der Waals surface area contributed by atoms with Crippen molar-refractivity contribution in [3.8, 4) is 22.9 Å². The van der Waals surface area contributed by atoms with Crippen LogP contribution in [0.1, 0.15) is 36.6 Å². The van der Waals surface area contributed by atoms with Crippen LogP contribution in [0, 0.1) is 0 Å². The molecule has 0 radical (unpaired) electrons. The number of ether oxygens (including phenoxy) is 2. The number of nitrogens with two attached hydrogens (primary N) is 1. The molecule has 0 amide bonds. The largest absolute Gasteiger partial charge is 0.486 e. The van der Waals surface area contributed by atoms with Crippen LogP contribution >= 0.6 is 11.6 Å². The summed E-state index contributed by atoms with van der Waals surface area (Å²) in [6, 6.07) is 22.7. The van der Waals surface area contributed by atoms with Crippen LogP contribution in [0.3, 0.4) is 0 Å². The lowest BCUT2D eigenvalue weighted by atomic mass is 10.1. The Bertz CT molecular complexity index is 1560. The molecule has 2 N–H and O–H groups in total. The summed E-state index contributed by atoms with van der Waals surface area (Å²) in [5.74, 6) is 2.33. The molecule has 10 heteroatoms. The Morgan fingerprint density at radius 1 is 0.925 bits per heavy atom. The van der Waals surface area contributed by atoms with Crippen molar-refractivity contribution in [3.63, 3.8) is 0 Å². The molecule has 5 rings (SSSR count). The van der Waals surface area contributed by atoms with Crippen molar-refractivity contribution < 1.29 is 17.9 Å². The number of fused-ring (bicyclic) bond motifs is 1. The number of unbranched alkanes of at least 4 members (excludes halogenated alkanes) is 1. The van der Waals surface area contributed by atoms with E-state index >= 15 is 0 Å². The van der Waals surface area contributed by atoms with Gasteiger partial charge in [-0.2, -0.15) is 0 Å². The van der Waals surface area contributed by atoms with Crippen molar-refractivity contribution in [2.75, 3.05) is 13.2 Å². The zero-order valence-electron chi connectivity index (χ0n) is 22.4. The van der Waals surface area contributed by atoms with E-state index in [4.69, 9.17) is 31.2 Å². The van der Waals surface area contributed by atoms with Gasteiger partial charge in [-0.25, -0.2) is 18.5 Å². The van der Waals surface area contributed by atoms with Crippen molar-refractivity contribution in [1.29, 1.82) is 0 Å². The minimum atomic E-state index is -3.77. The molecule has 2 heterocycles. The highest BCUT2D eigenvalue weighted by molar-refractivity contribution is 7.89. The maximum Gasteiger partial charge on any atom is 0.238 e. The molecule has 4 aromatic rings. The van der Waals surface area contributed by atoms with Gasteiger partial charge in [-0.05, 0) is 41.8 Å². The van der Waals surface area contributed by atoms with Gasteiger partial charge in [-0.3, -0.25) is 4.90 Å². The number of primary sulfonamides is 1. The van der Waals surface area contributed by atoms with Crippen LogP contribution in [0.25, 0.3) is 11.4 Å². The maximum absolute atomic E-state index is 11.8. The van der Waals surface area contributed by atoms with Crippen molar-refractivity contribution in [2.45, 2.75) is 50.8 Å². The summed E-state index contributed by atoms with van der Waals surface area (Å²) in [6.07, 6.45) is 2.04. The average Bonchev–Trinajstić information content (AvgIpc) is 3.26. The Morgan fingerprint density at radius 3 is 2.30 bits per heavy atom. The van der Waals surface area contributed by atoms with Gasteiger partial charge in [0.25, 0.3) is 0 Å². The number of hydrogen-bond donors (Lipinski definition) is 1. The molecule has 1 aliphatic rings. The predicted octanol–water partition coefficient (Wildman–Crippen LogP) is 5.62. The van der Waals surface area contributed by atoms with Crippen LogP contribution in [-0.2, 0) is 36.2 Å². The summed E-state index contributed by atoms with van der Waals surface area (Å²) in [5, 5.41) is 5.79. The first-order chi connectivity index (χ1) is 19.3. The number of halogens is 1. The number of hydrogen-bond acceptors (Lipinski definition) is 6. The van der Waals surface area contributed by atoms with Crippen LogP contribution in [0.4, 0.5) is 0 Å². The minimum absolute atomic E-state index is 0.0859. The molecule has 0 bridgehead atoms. The number of imidazole rings is 1. The SMILES string of the molecule is CCCCn1c(-c2ccccc2)nc(Cl)c1CN(Cc1ccc(S(N)(=O)=O)cc1)Cc1ccc2c(c1)OCCO2. The normalized spacial score (nSPS) is 13.1. The van der Waals surface area contributed by atoms with Gasteiger partial charge in [-0.15, -0.1) is 0 Å². The Balaban J connectivity index is 1.49. The molecular weight excluding hydrogens is 548 g/mol. The van der Waals surface area contributed by atoms with E-state index in [-0.39, 0.29) is 4.90 Å². The molecule has 40 heavy (non-hydrogen) atoms. The van der Waals surface area contributed by atoms with E-state index in [1.807, 2.05) is 48.5 Å². The smallest absolute Gasteiger partial charge is 0.238 e. The summed E-state index contributed by atoms with van der Waals surface area (Å²) >= 11 is 6.82. The van der Waals surface area contributed by atoms with E-state index in [0.29, 0.717) is 38.0 Å². The Hall–Kier alpha value is -3.37. The molecule has 0 saturated heterocycles. The Morgan fingerprint density at radius 2 is 1.60 bits per heavy atom. The molecule has 0 fully saturated rings. The van der Waals surface area contributed by atoms with Crippen LogP contribution in [0.2, 0.25) is 5.15 Å².